The first kappa shape index (κ1) is 21.6. The Hall–Kier alpha value is -3.12. The molecule has 0 unspecified atom stereocenters. The summed E-state index contributed by atoms with van der Waals surface area (Å²) >= 11 is 0. The van der Waals surface area contributed by atoms with E-state index in [0.717, 1.165) is 21.0 Å². The molecule has 0 radical (unpaired) electrons. The van der Waals surface area contributed by atoms with Crippen LogP contribution in [0.25, 0.3) is 0 Å². The maximum atomic E-state index is 13.4. The lowest BCUT2D eigenvalue weighted by molar-refractivity contribution is -0.119. The largest absolute Gasteiger partial charge is 0.483 e. The summed E-state index contributed by atoms with van der Waals surface area (Å²) in [5.74, 6) is -0.102. The highest BCUT2D eigenvalue weighted by Crippen LogP contribution is 2.29. The highest BCUT2D eigenvalue weighted by Gasteiger charge is 2.32. The van der Waals surface area contributed by atoms with E-state index in [4.69, 9.17) is 4.74 Å². The number of anilines is 1. The fraction of sp³-hybridized carbons (Fsp3) is 0.208. The second kappa shape index (κ2) is 8.71. The Balaban J connectivity index is 2.02. The van der Waals surface area contributed by atoms with Crippen LogP contribution in [0.2, 0.25) is 0 Å². The Morgan fingerprint density at radius 2 is 1.57 bits per heavy atom. The molecular weight excluding hydrogens is 398 g/mol. The molecule has 156 valence electrons. The smallest absolute Gasteiger partial charge is 0.278 e. The van der Waals surface area contributed by atoms with E-state index < -0.39 is 22.5 Å². The van der Waals surface area contributed by atoms with Crippen molar-refractivity contribution in [2.75, 3.05) is 10.9 Å². The van der Waals surface area contributed by atoms with Crippen molar-refractivity contribution in [2.24, 2.45) is 0 Å². The Bertz CT molecular complexity index is 1170. The summed E-state index contributed by atoms with van der Waals surface area (Å²) < 4.78 is 33.4. The molecule has 0 bridgehead atoms. The van der Waals surface area contributed by atoms with Crippen LogP contribution < -0.4 is 9.04 Å². The molecule has 0 saturated carbocycles. The summed E-state index contributed by atoms with van der Waals surface area (Å²) in [6, 6.07) is 18.9. The fourth-order valence-electron chi connectivity index (χ4n) is 3.11. The van der Waals surface area contributed by atoms with Crippen molar-refractivity contribution in [3.8, 4) is 5.75 Å². The SMILES string of the molecule is Cc1ccc(C)c(N(C(=O)COc2cccc(C)c2C)S(=O)(=O)c2ccccc2)c1. The van der Waals surface area contributed by atoms with Gasteiger partial charge in [0.05, 0.1) is 10.6 Å². The van der Waals surface area contributed by atoms with Gasteiger partial charge in [-0.3, -0.25) is 4.79 Å². The first-order chi connectivity index (χ1) is 14.2. The monoisotopic (exact) mass is 423 g/mol. The molecule has 3 aromatic rings. The summed E-state index contributed by atoms with van der Waals surface area (Å²) in [5.41, 5.74) is 3.80. The first-order valence-corrected chi connectivity index (χ1v) is 11.1. The summed E-state index contributed by atoms with van der Waals surface area (Å²) in [7, 11) is -4.11. The summed E-state index contributed by atoms with van der Waals surface area (Å²) in [6.45, 7) is 7.09. The molecule has 6 heteroatoms. The van der Waals surface area contributed by atoms with Crippen LogP contribution in [0.1, 0.15) is 22.3 Å². The van der Waals surface area contributed by atoms with E-state index in [-0.39, 0.29) is 4.90 Å². The number of hydrogen-bond donors (Lipinski definition) is 0. The molecule has 5 nitrogen and oxygen atoms in total. The van der Waals surface area contributed by atoms with Gasteiger partial charge in [-0.05, 0) is 74.2 Å². The van der Waals surface area contributed by atoms with Crippen LogP contribution in [0.4, 0.5) is 5.69 Å². The summed E-state index contributed by atoms with van der Waals surface area (Å²) in [5, 5.41) is 0. The number of aryl methyl sites for hydroxylation is 3. The van der Waals surface area contributed by atoms with Crippen molar-refractivity contribution in [3.63, 3.8) is 0 Å². The predicted octanol–water partition coefficient (Wildman–Crippen LogP) is 4.72. The standard InChI is InChI=1S/C24H25NO4S/c1-17-13-14-19(3)22(15-17)25(30(27,28)21-10-6-5-7-11-21)24(26)16-29-23-12-8-9-18(2)20(23)4/h5-15H,16H2,1-4H3. The Morgan fingerprint density at radius 3 is 2.27 bits per heavy atom. The predicted molar refractivity (Wildman–Crippen MR) is 118 cm³/mol. The number of nitrogens with zero attached hydrogens (tertiary/aromatic N) is 1. The van der Waals surface area contributed by atoms with Crippen LogP contribution in [0, 0.1) is 27.7 Å². The fourth-order valence-corrected chi connectivity index (χ4v) is 4.60. The topological polar surface area (TPSA) is 63.7 Å². The van der Waals surface area contributed by atoms with Gasteiger partial charge in [-0.2, -0.15) is 4.31 Å². The van der Waals surface area contributed by atoms with Gasteiger partial charge in [0.2, 0.25) is 0 Å². The van der Waals surface area contributed by atoms with Crippen molar-refractivity contribution in [1.82, 2.24) is 0 Å². The van der Waals surface area contributed by atoms with Crippen LogP contribution in [0.5, 0.6) is 5.75 Å². The Labute approximate surface area is 178 Å². The van der Waals surface area contributed by atoms with Crippen molar-refractivity contribution >= 4 is 21.6 Å². The zero-order valence-corrected chi connectivity index (χ0v) is 18.4. The molecule has 0 saturated heterocycles. The van der Waals surface area contributed by atoms with Crippen LogP contribution in [0.15, 0.2) is 71.6 Å². The Morgan fingerprint density at radius 1 is 0.867 bits per heavy atom. The number of rotatable bonds is 6. The minimum absolute atomic E-state index is 0.0472. The van der Waals surface area contributed by atoms with E-state index in [9.17, 15) is 13.2 Å². The molecule has 0 atom stereocenters. The molecular formula is C24H25NO4S. The molecule has 0 aliphatic rings. The van der Waals surface area contributed by atoms with Gasteiger partial charge < -0.3 is 4.74 Å². The maximum absolute atomic E-state index is 13.4. The molecule has 1 amide bonds. The number of benzene rings is 3. The lowest BCUT2D eigenvalue weighted by atomic mass is 10.1. The number of amides is 1. The number of carbonyl (C=O) groups excluding carboxylic acids is 1. The van der Waals surface area contributed by atoms with E-state index >= 15 is 0 Å². The molecule has 0 N–H and O–H groups in total. The highest BCUT2D eigenvalue weighted by atomic mass is 32.2. The van der Waals surface area contributed by atoms with Crippen molar-refractivity contribution in [2.45, 2.75) is 32.6 Å². The molecule has 3 rings (SSSR count). The average Bonchev–Trinajstić information content (AvgIpc) is 2.72. The third-order valence-electron chi connectivity index (χ3n) is 5.00. The van der Waals surface area contributed by atoms with E-state index in [1.165, 1.54) is 12.1 Å². The number of sulfonamides is 1. The molecule has 0 heterocycles. The van der Waals surface area contributed by atoms with Gasteiger partial charge in [-0.15, -0.1) is 0 Å². The molecule has 30 heavy (non-hydrogen) atoms. The van der Waals surface area contributed by atoms with Gasteiger partial charge >= 0.3 is 0 Å². The third kappa shape index (κ3) is 4.39. The third-order valence-corrected chi connectivity index (χ3v) is 6.75. The van der Waals surface area contributed by atoms with E-state index in [1.54, 1.807) is 43.3 Å². The zero-order valence-electron chi connectivity index (χ0n) is 17.5. The molecule has 0 aliphatic heterocycles. The van der Waals surface area contributed by atoms with Crippen molar-refractivity contribution < 1.29 is 17.9 Å². The number of carbonyl (C=O) groups is 1. The normalized spacial score (nSPS) is 11.2. The van der Waals surface area contributed by atoms with Crippen LogP contribution in [-0.2, 0) is 14.8 Å². The van der Waals surface area contributed by atoms with Crippen molar-refractivity contribution in [3.05, 3.63) is 89.0 Å². The second-order valence-electron chi connectivity index (χ2n) is 7.25. The van der Waals surface area contributed by atoms with Gasteiger partial charge in [0.25, 0.3) is 15.9 Å². The number of hydrogen-bond acceptors (Lipinski definition) is 4. The van der Waals surface area contributed by atoms with E-state index in [0.29, 0.717) is 17.0 Å². The van der Waals surface area contributed by atoms with Crippen LogP contribution in [0.3, 0.4) is 0 Å². The lowest BCUT2D eigenvalue weighted by Crippen LogP contribution is -2.40. The van der Waals surface area contributed by atoms with E-state index in [1.807, 2.05) is 39.0 Å². The quantitative estimate of drug-likeness (QED) is 0.575. The van der Waals surface area contributed by atoms with Gasteiger partial charge in [0.15, 0.2) is 6.61 Å². The van der Waals surface area contributed by atoms with Gasteiger partial charge in [-0.1, -0.05) is 42.5 Å². The molecule has 0 aliphatic carbocycles. The van der Waals surface area contributed by atoms with Gasteiger partial charge in [0, 0.05) is 0 Å². The van der Waals surface area contributed by atoms with E-state index in [2.05, 4.69) is 0 Å². The maximum Gasteiger partial charge on any atom is 0.278 e. The minimum Gasteiger partial charge on any atom is -0.483 e. The van der Waals surface area contributed by atoms with Crippen molar-refractivity contribution in [1.29, 1.82) is 0 Å². The molecule has 0 fully saturated rings. The zero-order chi connectivity index (χ0) is 21.9. The summed E-state index contributed by atoms with van der Waals surface area (Å²) in [4.78, 5) is 13.3. The summed E-state index contributed by atoms with van der Waals surface area (Å²) in [6.07, 6.45) is 0. The molecule has 0 spiro atoms. The average molecular weight is 424 g/mol. The van der Waals surface area contributed by atoms with Gasteiger partial charge in [-0.25, -0.2) is 8.42 Å². The second-order valence-corrected chi connectivity index (χ2v) is 9.04. The van der Waals surface area contributed by atoms with Crippen LogP contribution in [-0.4, -0.2) is 20.9 Å². The highest BCUT2D eigenvalue weighted by molar-refractivity contribution is 7.93. The minimum atomic E-state index is -4.11. The number of ether oxygens (including phenoxy) is 1. The lowest BCUT2D eigenvalue weighted by Gasteiger charge is -2.25. The molecule has 0 aromatic heterocycles. The molecule has 3 aromatic carbocycles. The van der Waals surface area contributed by atoms with Crippen LogP contribution >= 0.6 is 0 Å². The first-order valence-electron chi connectivity index (χ1n) is 9.61. The Kier molecular flexibility index (Phi) is 6.27. The van der Waals surface area contributed by atoms with Gasteiger partial charge in [0.1, 0.15) is 5.75 Å².